The van der Waals surface area contributed by atoms with Gasteiger partial charge in [0.1, 0.15) is 0 Å². The molecule has 0 aromatic heterocycles. The van der Waals surface area contributed by atoms with E-state index in [4.69, 9.17) is 5.73 Å². The second-order valence-corrected chi connectivity index (χ2v) is 7.13. The number of hydrogen-bond acceptors (Lipinski definition) is 2. The highest BCUT2D eigenvalue weighted by Crippen LogP contribution is 2.33. The lowest BCUT2D eigenvalue weighted by atomic mass is 9.79. The molecule has 2 heteroatoms. The predicted molar refractivity (Wildman–Crippen MR) is 91.8 cm³/mol. The van der Waals surface area contributed by atoms with Gasteiger partial charge < -0.3 is 10.6 Å². The van der Waals surface area contributed by atoms with Crippen LogP contribution in [-0.4, -0.2) is 30.6 Å². The molecule has 1 unspecified atom stereocenters. The van der Waals surface area contributed by atoms with Gasteiger partial charge in [-0.15, -0.1) is 0 Å². The van der Waals surface area contributed by atoms with Crippen LogP contribution in [0.5, 0.6) is 0 Å². The van der Waals surface area contributed by atoms with Gasteiger partial charge in [-0.2, -0.15) is 0 Å². The number of piperidine rings is 1. The van der Waals surface area contributed by atoms with E-state index in [1.165, 1.54) is 37.1 Å². The van der Waals surface area contributed by atoms with Crippen LogP contribution in [0.3, 0.4) is 0 Å². The van der Waals surface area contributed by atoms with Crippen LogP contribution in [-0.2, 0) is 0 Å². The minimum Gasteiger partial charge on any atom is -0.330 e. The predicted octanol–water partition coefficient (Wildman–Crippen LogP) is 3.97. The molecule has 1 aromatic carbocycles. The fourth-order valence-electron chi connectivity index (χ4n) is 3.57. The molecule has 21 heavy (non-hydrogen) atoms. The van der Waals surface area contributed by atoms with Crippen molar-refractivity contribution >= 4 is 0 Å². The number of nitrogens with two attached hydrogens (primary N) is 1. The Morgan fingerprint density at radius 2 is 1.52 bits per heavy atom. The van der Waals surface area contributed by atoms with Crippen LogP contribution in [0.1, 0.15) is 63.5 Å². The average molecular weight is 288 g/mol. The van der Waals surface area contributed by atoms with Crippen molar-refractivity contribution in [2.24, 2.45) is 11.7 Å². The number of likely N-dealkylation sites (tertiary alicyclic amines) is 1. The zero-order chi connectivity index (χ0) is 15.4. The van der Waals surface area contributed by atoms with E-state index >= 15 is 0 Å². The van der Waals surface area contributed by atoms with Gasteiger partial charge in [-0.1, -0.05) is 38.1 Å². The van der Waals surface area contributed by atoms with Crippen LogP contribution in [0.25, 0.3) is 0 Å². The van der Waals surface area contributed by atoms with E-state index < -0.39 is 0 Å². The third-order valence-electron chi connectivity index (χ3n) is 5.16. The summed E-state index contributed by atoms with van der Waals surface area (Å²) in [5, 5.41) is 0. The largest absolute Gasteiger partial charge is 0.330 e. The van der Waals surface area contributed by atoms with Crippen molar-refractivity contribution in [1.29, 1.82) is 0 Å². The van der Waals surface area contributed by atoms with Crippen LogP contribution >= 0.6 is 0 Å². The second kappa shape index (κ2) is 7.42. The molecule has 0 bridgehead atoms. The van der Waals surface area contributed by atoms with Gasteiger partial charge in [0.05, 0.1) is 0 Å². The maximum atomic E-state index is 6.11. The van der Waals surface area contributed by atoms with Gasteiger partial charge in [0.15, 0.2) is 0 Å². The standard InChI is InChI=1S/C19H32N2/c1-14(2)16-5-7-17(8-6-16)19(13-20)18-9-11-21(12-10-18)15(3)4/h5-8,14-15,18-19H,9-13,20H2,1-4H3. The zero-order valence-corrected chi connectivity index (χ0v) is 14.2. The monoisotopic (exact) mass is 288 g/mol. The Kier molecular flexibility index (Phi) is 5.83. The van der Waals surface area contributed by atoms with Crippen LogP contribution < -0.4 is 5.73 Å². The summed E-state index contributed by atoms with van der Waals surface area (Å²) in [5.41, 5.74) is 8.97. The van der Waals surface area contributed by atoms with E-state index in [-0.39, 0.29) is 0 Å². The Labute approximate surface area is 130 Å². The first-order valence-corrected chi connectivity index (χ1v) is 8.57. The molecule has 0 saturated carbocycles. The Bertz CT molecular complexity index is 414. The smallest absolute Gasteiger partial charge is 0.00385 e. The van der Waals surface area contributed by atoms with Crippen LogP contribution in [0, 0.1) is 5.92 Å². The molecule has 2 rings (SSSR count). The van der Waals surface area contributed by atoms with E-state index in [1.807, 2.05) is 0 Å². The minimum absolute atomic E-state index is 0.528. The molecule has 2 N–H and O–H groups in total. The van der Waals surface area contributed by atoms with Crippen LogP contribution in [0.4, 0.5) is 0 Å². The molecule has 1 heterocycles. The van der Waals surface area contributed by atoms with Crippen molar-refractivity contribution in [3.63, 3.8) is 0 Å². The normalized spacial score (nSPS) is 19.4. The molecule has 1 aliphatic rings. The third kappa shape index (κ3) is 4.08. The van der Waals surface area contributed by atoms with Gasteiger partial charge in [0.25, 0.3) is 0 Å². The molecule has 118 valence electrons. The van der Waals surface area contributed by atoms with Gasteiger partial charge in [-0.05, 0) is 75.2 Å². The van der Waals surface area contributed by atoms with E-state index in [2.05, 4.69) is 56.9 Å². The molecule has 2 nitrogen and oxygen atoms in total. The summed E-state index contributed by atoms with van der Waals surface area (Å²) in [7, 11) is 0. The maximum absolute atomic E-state index is 6.11. The minimum atomic E-state index is 0.528. The van der Waals surface area contributed by atoms with Gasteiger partial charge in [-0.3, -0.25) is 0 Å². The van der Waals surface area contributed by atoms with E-state index in [0.717, 1.165) is 12.5 Å². The van der Waals surface area contributed by atoms with Crippen molar-refractivity contribution in [1.82, 2.24) is 4.90 Å². The second-order valence-electron chi connectivity index (χ2n) is 7.13. The van der Waals surface area contributed by atoms with Crippen LogP contribution in [0.2, 0.25) is 0 Å². The molecular weight excluding hydrogens is 256 g/mol. The van der Waals surface area contributed by atoms with E-state index in [0.29, 0.717) is 17.9 Å². The lowest BCUT2D eigenvalue weighted by molar-refractivity contribution is 0.138. The molecule has 0 radical (unpaired) electrons. The Balaban J connectivity index is 2.03. The van der Waals surface area contributed by atoms with Crippen molar-refractivity contribution < 1.29 is 0 Å². The van der Waals surface area contributed by atoms with Crippen molar-refractivity contribution in [3.05, 3.63) is 35.4 Å². The number of rotatable bonds is 5. The molecule has 1 aromatic rings. The van der Waals surface area contributed by atoms with Crippen molar-refractivity contribution in [2.75, 3.05) is 19.6 Å². The van der Waals surface area contributed by atoms with Crippen LogP contribution in [0.15, 0.2) is 24.3 Å². The highest BCUT2D eigenvalue weighted by molar-refractivity contribution is 5.28. The Morgan fingerprint density at radius 1 is 1.00 bits per heavy atom. The average Bonchev–Trinajstić information content (AvgIpc) is 2.49. The lowest BCUT2D eigenvalue weighted by Gasteiger charge is -2.38. The first kappa shape index (κ1) is 16.5. The SMILES string of the molecule is CC(C)c1ccc(C(CN)C2CCN(C(C)C)CC2)cc1. The van der Waals surface area contributed by atoms with Gasteiger partial charge in [0, 0.05) is 6.04 Å². The highest BCUT2D eigenvalue weighted by atomic mass is 15.1. The van der Waals surface area contributed by atoms with E-state index in [1.54, 1.807) is 0 Å². The van der Waals surface area contributed by atoms with Gasteiger partial charge in [-0.25, -0.2) is 0 Å². The molecule has 0 aliphatic carbocycles. The number of benzene rings is 1. The molecular formula is C19H32N2. The molecule has 1 saturated heterocycles. The number of nitrogens with zero attached hydrogens (tertiary/aromatic N) is 1. The summed E-state index contributed by atoms with van der Waals surface area (Å²) in [6.07, 6.45) is 2.57. The Hall–Kier alpha value is -0.860. The summed E-state index contributed by atoms with van der Waals surface area (Å²) in [6.45, 7) is 12.3. The number of hydrogen-bond donors (Lipinski definition) is 1. The van der Waals surface area contributed by atoms with Gasteiger partial charge >= 0.3 is 0 Å². The summed E-state index contributed by atoms with van der Waals surface area (Å²) >= 11 is 0. The molecule has 1 atom stereocenters. The fourth-order valence-corrected chi connectivity index (χ4v) is 3.57. The summed E-state index contributed by atoms with van der Waals surface area (Å²) < 4.78 is 0. The van der Waals surface area contributed by atoms with E-state index in [9.17, 15) is 0 Å². The highest BCUT2D eigenvalue weighted by Gasteiger charge is 2.27. The van der Waals surface area contributed by atoms with Crippen molar-refractivity contribution in [3.8, 4) is 0 Å². The molecule has 1 fully saturated rings. The quantitative estimate of drug-likeness (QED) is 0.888. The lowest BCUT2D eigenvalue weighted by Crippen LogP contribution is -2.40. The fraction of sp³-hybridized carbons (Fsp3) is 0.684. The third-order valence-corrected chi connectivity index (χ3v) is 5.16. The Morgan fingerprint density at radius 3 is 1.95 bits per heavy atom. The summed E-state index contributed by atoms with van der Waals surface area (Å²) in [4.78, 5) is 2.59. The van der Waals surface area contributed by atoms with Gasteiger partial charge in [0.2, 0.25) is 0 Å². The van der Waals surface area contributed by atoms with Crippen molar-refractivity contribution in [2.45, 2.75) is 58.4 Å². The topological polar surface area (TPSA) is 29.3 Å². The molecule has 0 spiro atoms. The first-order valence-electron chi connectivity index (χ1n) is 8.57. The molecule has 0 amide bonds. The zero-order valence-electron chi connectivity index (χ0n) is 14.2. The first-order chi connectivity index (χ1) is 10.0. The summed E-state index contributed by atoms with van der Waals surface area (Å²) in [6, 6.07) is 9.86. The molecule has 1 aliphatic heterocycles. The summed E-state index contributed by atoms with van der Waals surface area (Å²) in [5.74, 6) is 1.88. The maximum Gasteiger partial charge on any atom is 0.00385 e.